The van der Waals surface area contributed by atoms with E-state index in [1.165, 1.54) is 180 Å². The average Bonchev–Trinajstić information content (AvgIpc) is 3.45. The van der Waals surface area contributed by atoms with Gasteiger partial charge in [-0.3, -0.25) is 23.4 Å². The number of unbranched alkanes of at least 4 members (excludes halogenated alkanes) is 38. The summed E-state index contributed by atoms with van der Waals surface area (Å²) >= 11 is 0. The quantitative estimate of drug-likeness (QED) is 0.0197. The molecule has 0 aromatic heterocycles. The maximum Gasteiger partial charge on any atom is 0.472 e. The molecule has 3 unspecified atom stereocenters. The van der Waals surface area contributed by atoms with E-state index in [1.807, 2.05) is 0 Å². The Morgan fingerprint density at radius 2 is 0.613 bits per heavy atom. The van der Waals surface area contributed by atoms with Gasteiger partial charge in [0.1, 0.15) is 12.7 Å². The highest BCUT2D eigenvalue weighted by molar-refractivity contribution is 7.47. The number of allylic oxidation sites excluding steroid dienone is 8. The summed E-state index contributed by atoms with van der Waals surface area (Å²) in [5, 5.41) is 9.86. The van der Waals surface area contributed by atoms with E-state index in [-0.39, 0.29) is 25.9 Å². The molecule has 0 saturated heterocycles. The number of phosphoric acid groups is 1. The van der Waals surface area contributed by atoms with Crippen molar-refractivity contribution in [2.24, 2.45) is 0 Å². The van der Waals surface area contributed by atoms with Gasteiger partial charge in [0, 0.05) is 19.3 Å². The summed E-state index contributed by atoms with van der Waals surface area (Å²) in [5.74, 6) is -1.46. The number of aliphatic hydroxyl groups is 1. The molecule has 468 valence electrons. The fourth-order valence-corrected chi connectivity index (χ4v) is 10.4. The molecule has 0 radical (unpaired) electrons. The van der Waals surface area contributed by atoms with Crippen LogP contribution in [0.2, 0.25) is 0 Å². The van der Waals surface area contributed by atoms with E-state index in [4.69, 9.17) is 23.3 Å². The van der Waals surface area contributed by atoms with E-state index < -0.39 is 57.8 Å². The van der Waals surface area contributed by atoms with E-state index in [2.05, 4.69) is 69.4 Å². The number of hydrogen-bond acceptors (Lipinski definition) is 10. The molecule has 0 aliphatic rings. The normalized spacial score (nSPS) is 13.5. The predicted molar refractivity (Wildman–Crippen MR) is 335 cm³/mol. The first-order chi connectivity index (χ1) is 39.2. The molecule has 0 aliphatic carbocycles. The standard InChI is InChI=1S/C68H125O11P/c1-4-7-10-13-16-19-22-25-28-31-32-35-38-41-44-47-50-53-56-59-68(72)79-65(61-75-66(70)57-54-51-48-45-42-39-36-33-29-26-23-20-17-14-11-8-5-2)63-77-80(73,74)76-62-64(60-69)78-67(71)58-55-52-49-46-43-40-37-34-30-27-24-21-18-15-12-9-6-3/h17-18,20-21,26-27,29-30,64-65,69H,4-16,19,22-25,28,31-63H2,1-3H3,(H,73,74)/b20-17-,21-18-,29-26-,30-27-. The van der Waals surface area contributed by atoms with E-state index in [0.29, 0.717) is 19.3 Å². The van der Waals surface area contributed by atoms with Crippen molar-refractivity contribution in [3.05, 3.63) is 48.6 Å². The van der Waals surface area contributed by atoms with Crippen LogP contribution in [0.3, 0.4) is 0 Å². The molecule has 0 aliphatic heterocycles. The SMILES string of the molecule is CCCCC/C=C\C/C=C\CCCCCCCCCC(=O)OCC(COP(=O)(O)OCC(CO)OC(=O)CCCCCCCCC/C=C\C/C=C\CCCCC)OC(=O)CCCCCCCCCCCCCCCCCCCCC. The van der Waals surface area contributed by atoms with Crippen molar-refractivity contribution in [1.29, 1.82) is 0 Å². The lowest BCUT2D eigenvalue weighted by atomic mass is 10.0. The van der Waals surface area contributed by atoms with E-state index in [9.17, 15) is 28.9 Å². The average molecular weight is 1150 g/mol. The molecule has 0 aromatic carbocycles. The predicted octanol–water partition coefficient (Wildman–Crippen LogP) is 20.5. The van der Waals surface area contributed by atoms with Crippen LogP contribution in [0.4, 0.5) is 0 Å². The molecule has 0 bridgehead atoms. The van der Waals surface area contributed by atoms with Gasteiger partial charge >= 0.3 is 25.7 Å². The summed E-state index contributed by atoms with van der Waals surface area (Å²) < 4.78 is 39.8. The monoisotopic (exact) mass is 1150 g/mol. The second-order valence-electron chi connectivity index (χ2n) is 22.6. The van der Waals surface area contributed by atoms with Gasteiger partial charge < -0.3 is 24.2 Å². The molecule has 0 aromatic rings. The smallest absolute Gasteiger partial charge is 0.462 e. The van der Waals surface area contributed by atoms with Crippen LogP contribution in [0.5, 0.6) is 0 Å². The molecule has 0 heterocycles. The number of carbonyl (C=O) groups is 3. The Labute approximate surface area is 492 Å². The van der Waals surface area contributed by atoms with Crippen molar-refractivity contribution in [1.82, 2.24) is 0 Å². The van der Waals surface area contributed by atoms with Crippen LogP contribution in [-0.2, 0) is 42.2 Å². The summed E-state index contributed by atoms with van der Waals surface area (Å²) in [5.41, 5.74) is 0. The Morgan fingerprint density at radius 3 is 0.950 bits per heavy atom. The van der Waals surface area contributed by atoms with E-state index >= 15 is 0 Å². The Hall–Kier alpha value is -2.56. The number of esters is 3. The van der Waals surface area contributed by atoms with Gasteiger partial charge in [-0.2, -0.15) is 0 Å². The molecule has 80 heavy (non-hydrogen) atoms. The molecule has 0 saturated carbocycles. The number of ether oxygens (including phenoxy) is 3. The fourth-order valence-electron chi connectivity index (χ4n) is 9.60. The molecule has 0 fully saturated rings. The van der Waals surface area contributed by atoms with Gasteiger partial charge in [0.05, 0.1) is 19.8 Å². The molecule has 3 atom stereocenters. The second-order valence-corrected chi connectivity index (χ2v) is 24.1. The number of aliphatic hydroxyl groups excluding tert-OH is 1. The van der Waals surface area contributed by atoms with Crippen molar-refractivity contribution in [3.63, 3.8) is 0 Å². The minimum atomic E-state index is -4.76. The third kappa shape index (κ3) is 60.0. The zero-order valence-electron chi connectivity index (χ0n) is 52.1. The fraction of sp³-hybridized carbons (Fsp3) is 0.838. The van der Waals surface area contributed by atoms with Crippen LogP contribution in [0.25, 0.3) is 0 Å². The number of rotatable bonds is 63. The van der Waals surface area contributed by atoms with Crippen LogP contribution in [0.15, 0.2) is 48.6 Å². The summed E-state index contributed by atoms with van der Waals surface area (Å²) in [6.45, 7) is 4.65. The summed E-state index contributed by atoms with van der Waals surface area (Å²) in [6.07, 6.45) is 69.1. The number of hydrogen-bond donors (Lipinski definition) is 2. The van der Waals surface area contributed by atoms with Gasteiger partial charge in [0.15, 0.2) is 6.10 Å². The van der Waals surface area contributed by atoms with Crippen molar-refractivity contribution in [3.8, 4) is 0 Å². The van der Waals surface area contributed by atoms with Gasteiger partial charge in [-0.05, 0) is 83.5 Å². The Morgan fingerprint density at radius 1 is 0.350 bits per heavy atom. The molecule has 12 heteroatoms. The maximum absolute atomic E-state index is 13.0. The van der Waals surface area contributed by atoms with E-state index in [0.717, 1.165) is 89.9 Å². The maximum atomic E-state index is 13.0. The summed E-state index contributed by atoms with van der Waals surface area (Å²) in [6, 6.07) is 0. The van der Waals surface area contributed by atoms with Crippen molar-refractivity contribution in [2.45, 2.75) is 341 Å². The lowest BCUT2D eigenvalue weighted by Gasteiger charge is -2.21. The van der Waals surface area contributed by atoms with Crippen molar-refractivity contribution in [2.75, 3.05) is 26.4 Å². The van der Waals surface area contributed by atoms with Crippen LogP contribution in [-0.4, -0.2) is 66.5 Å². The zero-order valence-corrected chi connectivity index (χ0v) is 53.0. The van der Waals surface area contributed by atoms with Gasteiger partial charge in [0.25, 0.3) is 0 Å². The van der Waals surface area contributed by atoms with Gasteiger partial charge in [-0.1, -0.05) is 275 Å². The minimum Gasteiger partial charge on any atom is -0.462 e. The highest BCUT2D eigenvalue weighted by atomic mass is 31.2. The topological polar surface area (TPSA) is 155 Å². The van der Waals surface area contributed by atoms with Crippen molar-refractivity contribution < 1.29 is 52.2 Å². The van der Waals surface area contributed by atoms with Gasteiger partial charge in [-0.15, -0.1) is 0 Å². The van der Waals surface area contributed by atoms with Crippen LogP contribution in [0.1, 0.15) is 329 Å². The molecule has 11 nitrogen and oxygen atoms in total. The highest BCUT2D eigenvalue weighted by Gasteiger charge is 2.28. The van der Waals surface area contributed by atoms with Crippen LogP contribution >= 0.6 is 7.82 Å². The molecule has 2 N–H and O–H groups in total. The second kappa shape index (κ2) is 62.5. The number of carbonyl (C=O) groups excluding carboxylic acids is 3. The van der Waals surface area contributed by atoms with Gasteiger partial charge in [0.2, 0.25) is 0 Å². The molecule has 0 rings (SSSR count). The Kier molecular flexibility index (Phi) is 60.5. The first-order valence-corrected chi connectivity index (χ1v) is 35.0. The third-order valence-corrected chi connectivity index (χ3v) is 15.7. The lowest BCUT2D eigenvalue weighted by Crippen LogP contribution is -2.30. The third-order valence-electron chi connectivity index (χ3n) is 14.7. The lowest BCUT2D eigenvalue weighted by molar-refractivity contribution is -0.161. The van der Waals surface area contributed by atoms with Crippen molar-refractivity contribution >= 4 is 25.7 Å². The Bertz CT molecular complexity index is 1530. The molecular formula is C68H125O11P. The highest BCUT2D eigenvalue weighted by Crippen LogP contribution is 2.43. The number of phosphoric ester groups is 1. The molecular weight excluding hydrogens is 1020 g/mol. The first kappa shape index (κ1) is 77.4. The van der Waals surface area contributed by atoms with E-state index in [1.54, 1.807) is 0 Å². The zero-order chi connectivity index (χ0) is 58.3. The van der Waals surface area contributed by atoms with Crippen LogP contribution in [0, 0.1) is 0 Å². The molecule has 0 amide bonds. The van der Waals surface area contributed by atoms with Crippen LogP contribution < -0.4 is 0 Å². The first-order valence-electron chi connectivity index (χ1n) is 33.5. The minimum absolute atomic E-state index is 0.170. The summed E-state index contributed by atoms with van der Waals surface area (Å²) in [7, 11) is -4.76. The Balaban J connectivity index is 4.67. The molecule has 0 spiro atoms. The van der Waals surface area contributed by atoms with Gasteiger partial charge in [-0.25, -0.2) is 4.57 Å². The summed E-state index contributed by atoms with van der Waals surface area (Å²) in [4.78, 5) is 48.8. The largest absolute Gasteiger partial charge is 0.472 e.